The van der Waals surface area contributed by atoms with Gasteiger partial charge in [-0.1, -0.05) is 0 Å². The molecule has 0 aliphatic heterocycles. The van der Waals surface area contributed by atoms with Gasteiger partial charge < -0.3 is 11.1 Å². The molecule has 0 aromatic carbocycles. The summed E-state index contributed by atoms with van der Waals surface area (Å²) in [6.45, 7) is 4.73. The lowest BCUT2D eigenvalue weighted by Gasteiger charge is -2.05. The highest BCUT2D eigenvalue weighted by Crippen LogP contribution is 2.13. The van der Waals surface area contributed by atoms with Crippen molar-refractivity contribution in [1.29, 1.82) is 0 Å². The zero-order chi connectivity index (χ0) is 12.4. The van der Waals surface area contributed by atoms with Crippen molar-refractivity contribution in [2.45, 2.75) is 20.4 Å². The summed E-state index contributed by atoms with van der Waals surface area (Å²) < 4.78 is 1.88. The van der Waals surface area contributed by atoms with E-state index < -0.39 is 0 Å². The van der Waals surface area contributed by atoms with Crippen LogP contribution in [0.1, 0.15) is 17.0 Å². The van der Waals surface area contributed by atoms with E-state index in [1.807, 2.05) is 31.6 Å². The maximum Gasteiger partial charge on any atom is 0.149 e. The fraction of sp³-hybridized carbons (Fsp3) is 0.364. The summed E-state index contributed by atoms with van der Waals surface area (Å²) in [4.78, 5) is 0. The third-order valence-corrected chi connectivity index (χ3v) is 2.79. The molecule has 0 saturated carbocycles. The molecule has 90 valence electrons. The van der Waals surface area contributed by atoms with Gasteiger partial charge in [-0.25, -0.2) is 0 Å². The van der Waals surface area contributed by atoms with Crippen LogP contribution in [0, 0.1) is 13.8 Å². The van der Waals surface area contributed by atoms with Crippen LogP contribution >= 0.6 is 0 Å². The number of hydrogen-bond donors (Lipinski definition) is 2. The zero-order valence-corrected chi connectivity index (χ0v) is 10.2. The number of rotatable bonds is 3. The molecule has 0 unspecified atom stereocenters. The van der Waals surface area contributed by atoms with Gasteiger partial charge in [0.15, 0.2) is 0 Å². The van der Waals surface area contributed by atoms with Crippen molar-refractivity contribution >= 4 is 11.6 Å². The van der Waals surface area contributed by atoms with Crippen molar-refractivity contribution in [2.24, 2.45) is 7.05 Å². The molecule has 2 aromatic heterocycles. The van der Waals surface area contributed by atoms with Crippen molar-refractivity contribution in [3.8, 4) is 0 Å². The summed E-state index contributed by atoms with van der Waals surface area (Å²) in [5, 5.41) is 15.3. The van der Waals surface area contributed by atoms with Crippen molar-refractivity contribution in [1.82, 2.24) is 20.0 Å². The van der Waals surface area contributed by atoms with E-state index in [0.29, 0.717) is 18.2 Å². The van der Waals surface area contributed by atoms with Gasteiger partial charge in [-0.2, -0.15) is 5.10 Å². The number of nitrogens with two attached hydrogens (primary N) is 1. The summed E-state index contributed by atoms with van der Waals surface area (Å²) in [5.74, 6) is 1.13. The van der Waals surface area contributed by atoms with E-state index in [4.69, 9.17) is 5.73 Å². The molecule has 0 aliphatic carbocycles. The lowest BCUT2D eigenvalue weighted by molar-refractivity contribution is 0.730. The molecule has 0 bridgehead atoms. The van der Waals surface area contributed by atoms with Crippen LogP contribution in [0.4, 0.5) is 11.6 Å². The Labute approximate surface area is 99.9 Å². The molecule has 0 amide bonds. The normalized spacial score (nSPS) is 10.5. The first-order valence-corrected chi connectivity index (χ1v) is 5.40. The Hall–Kier alpha value is -2.11. The standard InChI is InChI=1S/C11H16N6/c1-7-9(8(2)17(3)16-7)6-13-11-5-4-10(12)14-15-11/h4-5H,6H2,1-3H3,(H2,12,14)(H,13,15). The monoisotopic (exact) mass is 232 g/mol. The van der Waals surface area contributed by atoms with E-state index in [9.17, 15) is 0 Å². The average Bonchev–Trinajstić information content (AvgIpc) is 2.54. The van der Waals surface area contributed by atoms with Gasteiger partial charge in [-0.3, -0.25) is 4.68 Å². The summed E-state index contributed by atoms with van der Waals surface area (Å²) in [5.41, 5.74) is 8.84. The lowest BCUT2D eigenvalue weighted by Crippen LogP contribution is -2.05. The average molecular weight is 232 g/mol. The largest absolute Gasteiger partial charge is 0.382 e. The highest BCUT2D eigenvalue weighted by molar-refractivity contribution is 5.40. The SMILES string of the molecule is Cc1nn(C)c(C)c1CNc1ccc(N)nn1. The van der Waals surface area contributed by atoms with Crippen LogP contribution in [-0.2, 0) is 13.6 Å². The van der Waals surface area contributed by atoms with Crippen molar-refractivity contribution < 1.29 is 0 Å². The van der Waals surface area contributed by atoms with Crippen molar-refractivity contribution in [3.63, 3.8) is 0 Å². The van der Waals surface area contributed by atoms with Gasteiger partial charge >= 0.3 is 0 Å². The number of hydrogen-bond acceptors (Lipinski definition) is 5. The number of anilines is 2. The van der Waals surface area contributed by atoms with Crippen LogP contribution in [0.2, 0.25) is 0 Å². The molecule has 0 atom stereocenters. The molecular weight excluding hydrogens is 216 g/mol. The lowest BCUT2D eigenvalue weighted by atomic mass is 10.2. The maximum absolute atomic E-state index is 5.47. The summed E-state index contributed by atoms with van der Waals surface area (Å²) in [6.07, 6.45) is 0. The highest BCUT2D eigenvalue weighted by atomic mass is 15.3. The molecule has 0 saturated heterocycles. The molecule has 0 radical (unpaired) electrons. The van der Waals surface area contributed by atoms with Gasteiger partial charge in [-0.15, -0.1) is 10.2 Å². The zero-order valence-electron chi connectivity index (χ0n) is 10.2. The Morgan fingerprint density at radius 3 is 2.59 bits per heavy atom. The number of aromatic nitrogens is 4. The molecule has 3 N–H and O–H groups in total. The molecule has 0 fully saturated rings. The first-order chi connectivity index (χ1) is 8.08. The van der Waals surface area contributed by atoms with Crippen LogP contribution in [0.5, 0.6) is 0 Å². The fourth-order valence-corrected chi connectivity index (χ4v) is 1.69. The second-order valence-corrected chi connectivity index (χ2v) is 3.97. The van der Waals surface area contributed by atoms with Crippen LogP contribution < -0.4 is 11.1 Å². The molecule has 2 aromatic rings. The Kier molecular flexibility index (Phi) is 2.95. The van der Waals surface area contributed by atoms with Gasteiger partial charge in [0.05, 0.1) is 5.69 Å². The molecule has 6 heteroatoms. The Bertz CT molecular complexity index is 514. The van der Waals surface area contributed by atoms with E-state index in [0.717, 1.165) is 11.4 Å². The van der Waals surface area contributed by atoms with Gasteiger partial charge in [0.2, 0.25) is 0 Å². The quantitative estimate of drug-likeness (QED) is 0.825. The predicted molar refractivity (Wildman–Crippen MR) is 66.5 cm³/mol. The maximum atomic E-state index is 5.47. The van der Waals surface area contributed by atoms with Crippen molar-refractivity contribution in [2.75, 3.05) is 11.1 Å². The molecule has 0 spiro atoms. The number of nitrogens with zero attached hydrogens (tertiary/aromatic N) is 4. The molecule has 2 heterocycles. The number of aryl methyl sites for hydroxylation is 2. The smallest absolute Gasteiger partial charge is 0.149 e. The van der Waals surface area contributed by atoms with Gasteiger partial charge in [0, 0.05) is 24.8 Å². The van der Waals surface area contributed by atoms with E-state index in [1.54, 1.807) is 6.07 Å². The van der Waals surface area contributed by atoms with Crippen LogP contribution in [-0.4, -0.2) is 20.0 Å². The third kappa shape index (κ3) is 2.35. The molecular formula is C11H16N6. The first-order valence-electron chi connectivity index (χ1n) is 5.40. The van der Waals surface area contributed by atoms with Crippen LogP contribution in [0.15, 0.2) is 12.1 Å². The molecule has 0 aliphatic rings. The Morgan fingerprint density at radius 1 is 1.29 bits per heavy atom. The third-order valence-electron chi connectivity index (χ3n) is 2.79. The molecule has 17 heavy (non-hydrogen) atoms. The minimum Gasteiger partial charge on any atom is -0.382 e. The summed E-state index contributed by atoms with van der Waals surface area (Å²) in [6, 6.07) is 3.53. The van der Waals surface area contributed by atoms with E-state index >= 15 is 0 Å². The summed E-state index contributed by atoms with van der Waals surface area (Å²) >= 11 is 0. The fourth-order valence-electron chi connectivity index (χ4n) is 1.69. The second kappa shape index (κ2) is 4.40. The predicted octanol–water partition coefficient (Wildman–Crippen LogP) is 1.02. The van der Waals surface area contributed by atoms with Crippen molar-refractivity contribution in [3.05, 3.63) is 29.1 Å². The molecule has 2 rings (SSSR count). The van der Waals surface area contributed by atoms with E-state index in [1.165, 1.54) is 5.56 Å². The molecule has 6 nitrogen and oxygen atoms in total. The number of nitrogen functional groups attached to an aromatic ring is 1. The summed E-state index contributed by atoms with van der Waals surface area (Å²) in [7, 11) is 1.94. The van der Waals surface area contributed by atoms with Gasteiger partial charge in [-0.05, 0) is 26.0 Å². The first kappa shape index (κ1) is 11.4. The van der Waals surface area contributed by atoms with Gasteiger partial charge in [0.1, 0.15) is 11.6 Å². The Morgan fingerprint density at radius 2 is 2.06 bits per heavy atom. The van der Waals surface area contributed by atoms with E-state index in [-0.39, 0.29) is 0 Å². The topological polar surface area (TPSA) is 81.7 Å². The Balaban J connectivity index is 2.09. The van der Waals surface area contributed by atoms with E-state index in [2.05, 4.69) is 20.6 Å². The van der Waals surface area contributed by atoms with Gasteiger partial charge in [0.25, 0.3) is 0 Å². The van der Waals surface area contributed by atoms with Crippen LogP contribution in [0.3, 0.4) is 0 Å². The highest BCUT2D eigenvalue weighted by Gasteiger charge is 2.08. The minimum absolute atomic E-state index is 0.421. The number of nitrogens with one attached hydrogen (secondary N) is 1. The van der Waals surface area contributed by atoms with Crippen LogP contribution in [0.25, 0.3) is 0 Å². The minimum atomic E-state index is 0.421. The second-order valence-electron chi connectivity index (χ2n) is 3.97.